The number of carbonyl (C=O) groups excluding carboxylic acids is 2. The molecule has 1 aromatic heterocycles. The van der Waals surface area contributed by atoms with Gasteiger partial charge in [0.1, 0.15) is 5.75 Å². The molecular weight excluding hydrogens is 384 g/mol. The lowest BCUT2D eigenvalue weighted by Gasteiger charge is -2.17. The summed E-state index contributed by atoms with van der Waals surface area (Å²) < 4.78 is 5.92. The van der Waals surface area contributed by atoms with Gasteiger partial charge in [0, 0.05) is 12.5 Å². The van der Waals surface area contributed by atoms with Gasteiger partial charge >= 0.3 is 0 Å². The molecule has 1 atom stereocenters. The molecule has 27 heavy (non-hydrogen) atoms. The lowest BCUT2D eigenvalue weighted by atomic mass is 10.3. The summed E-state index contributed by atoms with van der Waals surface area (Å²) in [6, 6.07) is 7.51. The minimum atomic E-state index is -0.369. The van der Waals surface area contributed by atoms with Gasteiger partial charge in [0.05, 0.1) is 18.0 Å². The van der Waals surface area contributed by atoms with Gasteiger partial charge in [-0.15, -0.1) is 10.2 Å². The zero-order valence-corrected chi connectivity index (χ0v) is 17.1. The van der Waals surface area contributed by atoms with Crippen molar-refractivity contribution in [2.45, 2.75) is 48.7 Å². The van der Waals surface area contributed by atoms with Gasteiger partial charge in [-0.25, -0.2) is 0 Å². The van der Waals surface area contributed by atoms with Crippen LogP contribution in [0.2, 0.25) is 0 Å². The van der Waals surface area contributed by atoms with E-state index in [0.29, 0.717) is 27.3 Å². The quantitative estimate of drug-likeness (QED) is 0.533. The molecule has 1 N–H and O–H groups in total. The molecule has 0 bridgehead atoms. The van der Waals surface area contributed by atoms with Crippen LogP contribution in [0.25, 0.3) is 0 Å². The predicted octanol–water partition coefficient (Wildman–Crippen LogP) is 3.57. The number of hydrogen-bond donors (Lipinski definition) is 1. The molecule has 0 spiro atoms. The monoisotopic (exact) mass is 406 g/mol. The molecule has 2 amide bonds. The van der Waals surface area contributed by atoms with Crippen molar-refractivity contribution in [3.63, 3.8) is 0 Å². The Labute approximate surface area is 166 Å². The summed E-state index contributed by atoms with van der Waals surface area (Å²) in [4.78, 5) is 26.4. The first-order valence-corrected chi connectivity index (χ1v) is 10.5. The normalized spacial score (nSPS) is 14.5. The molecule has 0 aliphatic heterocycles. The summed E-state index contributed by atoms with van der Waals surface area (Å²) >= 11 is 2.68. The maximum atomic E-state index is 12.5. The average Bonchev–Trinajstić information content (AvgIpc) is 3.40. The second-order valence-corrected chi connectivity index (χ2v) is 8.69. The van der Waals surface area contributed by atoms with Crippen molar-refractivity contribution < 1.29 is 14.3 Å². The second kappa shape index (κ2) is 8.71. The van der Waals surface area contributed by atoms with Gasteiger partial charge in [-0.2, -0.15) is 0 Å². The summed E-state index contributed by atoms with van der Waals surface area (Å²) in [7, 11) is 1.56. The molecule has 1 aromatic carbocycles. The molecule has 0 saturated heterocycles. The molecule has 1 saturated carbocycles. The number of nitrogens with one attached hydrogen (secondary N) is 1. The zero-order valence-electron chi connectivity index (χ0n) is 15.5. The predicted molar refractivity (Wildman–Crippen MR) is 108 cm³/mol. The number of benzene rings is 1. The summed E-state index contributed by atoms with van der Waals surface area (Å²) in [5, 5.41) is 11.5. The summed E-state index contributed by atoms with van der Waals surface area (Å²) in [6.45, 7) is 3.66. The van der Waals surface area contributed by atoms with Gasteiger partial charge in [-0.05, 0) is 31.9 Å². The van der Waals surface area contributed by atoms with Gasteiger partial charge in [-0.1, -0.05) is 42.2 Å². The lowest BCUT2D eigenvalue weighted by Crippen LogP contribution is -2.32. The highest BCUT2D eigenvalue weighted by Gasteiger charge is 2.35. The minimum Gasteiger partial charge on any atom is -0.495 e. The third-order valence-electron chi connectivity index (χ3n) is 4.10. The molecule has 1 aliphatic carbocycles. The topological polar surface area (TPSA) is 84.4 Å². The smallest absolute Gasteiger partial charge is 0.237 e. The Balaban J connectivity index is 1.64. The Morgan fingerprint density at radius 2 is 2.11 bits per heavy atom. The first kappa shape index (κ1) is 19.6. The second-order valence-electron chi connectivity index (χ2n) is 6.15. The maximum absolute atomic E-state index is 12.5. The highest BCUT2D eigenvalue weighted by atomic mass is 32.2. The van der Waals surface area contributed by atoms with E-state index in [1.54, 1.807) is 24.1 Å². The van der Waals surface area contributed by atoms with Crippen molar-refractivity contribution in [1.82, 2.24) is 10.2 Å². The Morgan fingerprint density at radius 3 is 2.78 bits per heavy atom. The zero-order chi connectivity index (χ0) is 19.4. The fourth-order valence-corrected chi connectivity index (χ4v) is 4.58. The molecule has 0 unspecified atom stereocenters. The van der Waals surface area contributed by atoms with E-state index in [2.05, 4.69) is 15.5 Å². The van der Waals surface area contributed by atoms with Gasteiger partial charge in [0.15, 0.2) is 4.34 Å². The Hall–Kier alpha value is -2.13. The van der Waals surface area contributed by atoms with Crippen LogP contribution in [0, 0.1) is 0 Å². The molecule has 7 nitrogen and oxygen atoms in total. The van der Waals surface area contributed by atoms with E-state index in [1.807, 2.05) is 26.0 Å². The number of aromatic nitrogens is 2. The molecule has 3 rings (SSSR count). The first-order chi connectivity index (χ1) is 13.0. The Kier molecular flexibility index (Phi) is 6.33. The van der Waals surface area contributed by atoms with E-state index < -0.39 is 0 Å². The number of rotatable bonds is 8. The summed E-state index contributed by atoms with van der Waals surface area (Å²) in [5.74, 6) is 0.525. The number of ether oxygens (including phenoxy) is 1. The number of thioether (sulfide) groups is 1. The van der Waals surface area contributed by atoms with E-state index in [1.165, 1.54) is 23.1 Å². The minimum absolute atomic E-state index is 0.0622. The third-order valence-corrected chi connectivity index (χ3v) is 6.20. The highest BCUT2D eigenvalue weighted by molar-refractivity contribution is 8.02. The van der Waals surface area contributed by atoms with Gasteiger partial charge in [-0.3, -0.25) is 14.5 Å². The van der Waals surface area contributed by atoms with E-state index in [4.69, 9.17) is 4.74 Å². The molecule has 1 heterocycles. The van der Waals surface area contributed by atoms with Crippen LogP contribution in [0.5, 0.6) is 5.75 Å². The van der Waals surface area contributed by atoms with Crippen LogP contribution >= 0.6 is 23.1 Å². The molecule has 0 radical (unpaired) electrons. The van der Waals surface area contributed by atoms with Crippen LogP contribution in [0.1, 0.15) is 33.1 Å². The highest BCUT2D eigenvalue weighted by Crippen LogP contribution is 2.37. The number of para-hydroxylation sites is 2. The van der Waals surface area contributed by atoms with Crippen molar-refractivity contribution in [3.05, 3.63) is 24.3 Å². The molecule has 1 aliphatic rings. The average molecular weight is 407 g/mol. The van der Waals surface area contributed by atoms with Crippen LogP contribution in [-0.4, -0.2) is 40.4 Å². The fraction of sp³-hybridized carbons (Fsp3) is 0.444. The van der Waals surface area contributed by atoms with Crippen LogP contribution in [0.3, 0.4) is 0 Å². The standard InChI is InChI=1S/C18H22N4O3S2/c1-4-15(23)22(12-9-10-12)17-20-21-18(27-17)26-11(2)16(24)19-13-7-5-6-8-14(13)25-3/h5-8,11-12H,4,9-10H2,1-3H3,(H,19,24)/t11-/m1/s1. The van der Waals surface area contributed by atoms with E-state index in [-0.39, 0.29) is 23.1 Å². The molecule has 1 fully saturated rings. The van der Waals surface area contributed by atoms with E-state index >= 15 is 0 Å². The Bertz CT molecular complexity index is 822. The van der Waals surface area contributed by atoms with Crippen molar-refractivity contribution in [3.8, 4) is 5.75 Å². The number of anilines is 2. The van der Waals surface area contributed by atoms with Gasteiger partial charge < -0.3 is 10.1 Å². The largest absolute Gasteiger partial charge is 0.495 e. The number of amides is 2. The lowest BCUT2D eigenvalue weighted by molar-refractivity contribution is -0.118. The van der Waals surface area contributed by atoms with E-state index in [0.717, 1.165) is 12.8 Å². The molecule has 144 valence electrons. The van der Waals surface area contributed by atoms with Crippen LogP contribution < -0.4 is 15.0 Å². The molecule has 9 heteroatoms. The molecule has 2 aromatic rings. The maximum Gasteiger partial charge on any atom is 0.237 e. The number of carbonyl (C=O) groups is 2. The summed E-state index contributed by atoms with van der Waals surface area (Å²) in [5.41, 5.74) is 0.629. The Morgan fingerprint density at radius 1 is 1.37 bits per heavy atom. The number of hydrogen-bond acceptors (Lipinski definition) is 7. The van der Waals surface area contributed by atoms with Crippen LogP contribution in [0.15, 0.2) is 28.6 Å². The van der Waals surface area contributed by atoms with Crippen molar-refractivity contribution in [1.29, 1.82) is 0 Å². The molecular formula is C18H22N4O3S2. The van der Waals surface area contributed by atoms with Gasteiger partial charge in [0.2, 0.25) is 16.9 Å². The van der Waals surface area contributed by atoms with E-state index in [9.17, 15) is 9.59 Å². The summed E-state index contributed by atoms with van der Waals surface area (Å²) in [6.07, 6.45) is 2.45. The van der Waals surface area contributed by atoms with Crippen molar-refractivity contribution in [2.75, 3.05) is 17.3 Å². The SMILES string of the molecule is CCC(=O)N(c1nnc(S[C@H](C)C(=O)Nc2ccccc2OC)s1)C1CC1. The third kappa shape index (κ3) is 4.78. The van der Waals surface area contributed by atoms with Crippen LogP contribution in [-0.2, 0) is 9.59 Å². The number of methoxy groups -OCH3 is 1. The van der Waals surface area contributed by atoms with Crippen LogP contribution in [0.4, 0.5) is 10.8 Å². The van der Waals surface area contributed by atoms with Crippen molar-refractivity contribution in [2.24, 2.45) is 0 Å². The fourth-order valence-electron chi connectivity index (χ4n) is 2.50. The first-order valence-electron chi connectivity index (χ1n) is 8.79. The number of nitrogens with zero attached hydrogens (tertiary/aromatic N) is 3. The van der Waals surface area contributed by atoms with Gasteiger partial charge in [0.25, 0.3) is 0 Å². The van der Waals surface area contributed by atoms with Crippen molar-refractivity contribution >= 4 is 45.7 Å².